The van der Waals surface area contributed by atoms with Crippen LogP contribution in [0.15, 0.2) is 15.9 Å². The summed E-state index contributed by atoms with van der Waals surface area (Å²) in [7, 11) is 0. The lowest BCUT2D eigenvalue weighted by molar-refractivity contribution is 0.202. The Kier molecular flexibility index (Phi) is 4.23. The van der Waals surface area contributed by atoms with Gasteiger partial charge in [-0.3, -0.25) is 4.90 Å². The molecule has 1 aromatic heterocycles. The largest absolute Gasteiger partial charge is 0.296 e. The van der Waals surface area contributed by atoms with Crippen molar-refractivity contribution in [3.63, 3.8) is 0 Å². The van der Waals surface area contributed by atoms with Gasteiger partial charge in [0, 0.05) is 27.3 Å². The van der Waals surface area contributed by atoms with E-state index < -0.39 is 0 Å². The topological polar surface area (TPSA) is 3.24 Å². The number of hydrogen-bond donors (Lipinski definition) is 0. The van der Waals surface area contributed by atoms with E-state index in [1.165, 1.54) is 41.6 Å². The highest BCUT2D eigenvalue weighted by Gasteiger charge is 2.21. The molecule has 1 aromatic rings. The fourth-order valence-electron chi connectivity index (χ4n) is 2.41. The van der Waals surface area contributed by atoms with Gasteiger partial charge in [0.05, 0.1) is 0 Å². The van der Waals surface area contributed by atoms with Gasteiger partial charge >= 0.3 is 0 Å². The summed E-state index contributed by atoms with van der Waals surface area (Å²) in [5.74, 6) is 0. The van der Waals surface area contributed by atoms with Crippen LogP contribution in [-0.4, -0.2) is 17.5 Å². The molecule has 1 fully saturated rings. The number of nitrogens with zero attached hydrogens (tertiary/aromatic N) is 1. The molecule has 2 rings (SSSR count). The first-order valence-corrected chi connectivity index (χ1v) is 7.44. The zero-order valence-corrected chi connectivity index (χ0v) is 11.6. The van der Waals surface area contributed by atoms with Gasteiger partial charge in [-0.2, -0.15) is 0 Å². The predicted molar refractivity (Wildman–Crippen MR) is 70.4 cm³/mol. The van der Waals surface area contributed by atoms with E-state index in [4.69, 9.17) is 0 Å². The van der Waals surface area contributed by atoms with Gasteiger partial charge in [-0.15, -0.1) is 11.3 Å². The molecule has 0 unspecified atom stereocenters. The molecule has 1 aliphatic carbocycles. The maximum absolute atomic E-state index is 3.52. The van der Waals surface area contributed by atoms with Crippen LogP contribution in [0.4, 0.5) is 0 Å². The van der Waals surface area contributed by atoms with Crippen molar-refractivity contribution in [2.45, 2.75) is 45.2 Å². The summed E-state index contributed by atoms with van der Waals surface area (Å²) in [6.07, 6.45) is 5.66. The van der Waals surface area contributed by atoms with E-state index in [0.29, 0.717) is 0 Å². The summed E-state index contributed by atoms with van der Waals surface area (Å²) in [5, 5.41) is 2.18. The van der Waals surface area contributed by atoms with Crippen molar-refractivity contribution in [3.05, 3.63) is 20.8 Å². The van der Waals surface area contributed by atoms with E-state index in [1.54, 1.807) is 0 Å². The van der Waals surface area contributed by atoms with Crippen molar-refractivity contribution in [1.29, 1.82) is 0 Å². The van der Waals surface area contributed by atoms with Gasteiger partial charge in [-0.25, -0.2) is 0 Å². The number of rotatable bonds is 4. The highest BCUT2D eigenvalue weighted by molar-refractivity contribution is 9.10. The van der Waals surface area contributed by atoms with E-state index in [9.17, 15) is 0 Å². The van der Waals surface area contributed by atoms with Gasteiger partial charge in [0.15, 0.2) is 0 Å². The SMILES string of the molecule is CCN(Cc1cc(Br)cs1)C1CCCC1. The van der Waals surface area contributed by atoms with Crippen molar-refractivity contribution in [2.75, 3.05) is 6.54 Å². The maximum atomic E-state index is 3.52. The highest BCUT2D eigenvalue weighted by Crippen LogP contribution is 2.27. The Morgan fingerprint density at radius 1 is 1.47 bits per heavy atom. The standard InChI is InChI=1S/C12H18BrNS/c1-2-14(11-5-3-4-6-11)8-12-7-10(13)9-15-12/h7,9,11H,2-6,8H2,1H3. The molecule has 15 heavy (non-hydrogen) atoms. The molecule has 0 N–H and O–H groups in total. The lowest BCUT2D eigenvalue weighted by atomic mass is 10.2. The fraction of sp³-hybridized carbons (Fsp3) is 0.667. The normalized spacial score (nSPS) is 17.8. The quantitative estimate of drug-likeness (QED) is 0.799. The minimum absolute atomic E-state index is 0.843. The minimum atomic E-state index is 0.843. The van der Waals surface area contributed by atoms with Crippen LogP contribution in [-0.2, 0) is 6.54 Å². The maximum Gasteiger partial charge on any atom is 0.0331 e. The van der Waals surface area contributed by atoms with E-state index in [0.717, 1.165) is 12.6 Å². The van der Waals surface area contributed by atoms with Crippen LogP contribution in [0.2, 0.25) is 0 Å². The molecule has 0 atom stereocenters. The lowest BCUT2D eigenvalue weighted by Gasteiger charge is -2.26. The van der Waals surface area contributed by atoms with Crippen molar-refractivity contribution < 1.29 is 0 Å². The van der Waals surface area contributed by atoms with Gasteiger partial charge in [-0.05, 0) is 41.4 Å². The summed E-state index contributed by atoms with van der Waals surface area (Å²) < 4.78 is 1.23. The fourth-order valence-corrected chi connectivity index (χ4v) is 3.88. The molecule has 0 spiro atoms. The smallest absolute Gasteiger partial charge is 0.0331 e. The monoisotopic (exact) mass is 287 g/mol. The lowest BCUT2D eigenvalue weighted by Crippen LogP contribution is -2.32. The Balaban J connectivity index is 1.95. The van der Waals surface area contributed by atoms with Crippen LogP contribution in [0.1, 0.15) is 37.5 Å². The van der Waals surface area contributed by atoms with Crippen molar-refractivity contribution in [1.82, 2.24) is 4.90 Å². The molecule has 3 heteroatoms. The van der Waals surface area contributed by atoms with E-state index >= 15 is 0 Å². The Morgan fingerprint density at radius 2 is 2.20 bits per heavy atom. The minimum Gasteiger partial charge on any atom is -0.296 e. The van der Waals surface area contributed by atoms with Crippen LogP contribution >= 0.6 is 27.3 Å². The summed E-state index contributed by atoms with van der Waals surface area (Å²) in [5.41, 5.74) is 0. The summed E-state index contributed by atoms with van der Waals surface area (Å²) in [6.45, 7) is 4.60. The third-order valence-electron chi connectivity index (χ3n) is 3.23. The highest BCUT2D eigenvalue weighted by atomic mass is 79.9. The molecule has 0 bridgehead atoms. The molecule has 0 saturated heterocycles. The van der Waals surface area contributed by atoms with Crippen molar-refractivity contribution in [3.8, 4) is 0 Å². The molecule has 1 aliphatic rings. The molecule has 0 aliphatic heterocycles. The Hall–Kier alpha value is 0.140. The van der Waals surface area contributed by atoms with E-state index in [2.05, 4.69) is 39.2 Å². The first-order valence-electron chi connectivity index (χ1n) is 5.76. The predicted octanol–water partition coefficient (Wildman–Crippen LogP) is 4.28. The van der Waals surface area contributed by atoms with Gasteiger partial charge in [0.2, 0.25) is 0 Å². The van der Waals surface area contributed by atoms with Gasteiger partial charge < -0.3 is 0 Å². The average Bonchev–Trinajstić information content (AvgIpc) is 2.85. The Labute approximate surface area is 105 Å². The first kappa shape index (κ1) is 11.6. The van der Waals surface area contributed by atoms with Gasteiger partial charge in [0.25, 0.3) is 0 Å². The molecular weight excluding hydrogens is 270 g/mol. The number of hydrogen-bond acceptors (Lipinski definition) is 2. The van der Waals surface area contributed by atoms with Crippen molar-refractivity contribution in [2.24, 2.45) is 0 Å². The first-order chi connectivity index (χ1) is 7.29. The molecular formula is C12H18BrNS. The van der Waals surface area contributed by atoms with Crippen LogP contribution in [0.5, 0.6) is 0 Å². The third kappa shape index (κ3) is 3.05. The van der Waals surface area contributed by atoms with Crippen LogP contribution in [0.25, 0.3) is 0 Å². The van der Waals surface area contributed by atoms with E-state index in [1.807, 2.05) is 11.3 Å². The second kappa shape index (κ2) is 5.46. The zero-order valence-electron chi connectivity index (χ0n) is 9.21. The van der Waals surface area contributed by atoms with Crippen LogP contribution in [0, 0.1) is 0 Å². The number of thiophene rings is 1. The molecule has 1 heterocycles. The summed E-state index contributed by atoms with van der Waals surface area (Å²) >= 11 is 5.38. The van der Waals surface area contributed by atoms with Crippen LogP contribution in [0.3, 0.4) is 0 Å². The molecule has 0 radical (unpaired) electrons. The molecule has 84 valence electrons. The Bertz CT molecular complexity index is 304. The summed E-state index contributed by atoms with van der Waals surface area (Å²) in [6, 6.07) is 3.10. The van der Waals surface area contributed by atoms with E-state index in [-0.39, 0.29) is 0 Å². The number of halogens is 1. The average molecular weight is 288 g/mol. The van der Waals surface area contributed by atoms with Gasteiger partial charge in [0.1, 0.15) is 0 Å². The Morgan fingerprint density at radius 3 is 2.73 bits per heavy atom. The molecule has 0 aromatic carbocycles. The second-order valence-corrected chi connectivity index (χ2v) is 6.14. The summed E-state index contributed by atoms with van der Waals surface area (Å²) in [4.78, 5) is 4.11. The molecule has 1 nitrogen and oxygen atoms in total. The zero-order chi connectivity index (χ0) is 10.7. The van der Waals surface area contributed by atoms with Gasteiger partial charge in [-0.1, -0.05) is 19.8 Å². The van der Waals surface area contributed by atoms with Crippen molar-refractivity contribution >= 4 is 27.3 Å². The second-order valence-electron chi connectivity index (χ2n) is 4.23. The third-order valence-corrected chi connectivity index (χ3v) is 4.91. The molecule has 1 saturated carbocycles. The van der Waals surface area contributed by atoms with Crippen LogP contribution < -0.4 is 0 Å². The molecule has 0 amide bonds.